The Labute approximate surface area is 193 Å². The zero-order chi connectivity index (χ0) is 21.8. The van der Waals surface area contributed by atoms with Crippen LogP contribution in [0, 0.1) is 0 Å². The molecule has 158 valence electrons. The highest BCUT2D eigenvalue weighted by Crippen LogP contribution is 2.28. The SMILES string of the molecule is CC(=O)NCc1ccc(C(=O)CSc2nc3cc(Cl)ccc3n2Cc2ccccc2)s1. The fourth-order valence-corrected chi connectivity index (χ4v) is 5.19. The number of halogens is 1. The Bertz CT molecular complexity index is 1230. The van der Waals surface area contributed by atoms with Gasteiger partial charge in [0.15, 0.2) is 10.9 Å². The van der Waals surface area contributed by atoms with Crippen LogP contribution in [0.4, 0.5) is 0 Å². The second-order valence-corrected chi connectivity index (χ2v) is 9.53. The minimum absolute atomic E-state index is 0.0421. The second-order valence-electron chi connectivity index (χ2n) is 6.99. The Balaban J connectivity index is 1.53. The van der Waals surface area contributed by atoms with E-state index in [0.717, 1.165) is 26.6 Å². The van der Waals surface area contributed by atoms with Gasteiger partial charge >= 0.3 is 0 Å². The van der Waals surface area contributed by atoms with E-state index in [9.17, 15) is 9.59 Å². The van der Waals surface area contributed by atoms with E-state index in [2.05, 4.69) is 22.0 Å². The molecule has 0 aliphatic carbocycles. The zero-order valence-electron chi connectivity index (χ0n) is 16.8. The van der Waals surface area contributed by atoms with Gasteiger partial charge in [-0.15, -0.1) is 11.3 Å². The van der Waals surface area contributed by atoms with Crippen molar-refractivity contribution in [3.8, 4) is 0 Å². The van der Waals surface area contributed by atoms with E-state index in [-0.39, 0.29) is 17.4 Å². The van der Waals surface area contributed by atoms with Crippen molar-refractivity contribution in [2.45, 2.75) is 25.2 Å². The van der Waals surface area contributed by atoms with Crippen LogP contribution >= 0.6 is 34.7 Å². The molecule has 1 N–H and O–H groups in total. The molecule has 5 nitrogen and oxygen atoms in total. The number of thioether (sulfide) groups is 1. The van der Waals surface area contributed by atoms with E-state index in [1.54, 1.807) is 0 Å². The molecule has 0 radical (unpaired) electrons. The molecule has 0 fully saturated rings. The number of Topliss-reactive ketones (excluding diaryl/α,β-unsaturated/α-hetero) is 1. The largest absolute Gasteiger partial charge is 0.351 e. The van der Waals surface area contributed by atoms with Crippen molar-refractivity contribution in [3.63, 3.8) is 0 Å². The Morgan fingerprint density at radius 1 is 1.13 bits per heavy atom. The molecule has 31 heavy (non-hydrogen) atoms. The first-order valence-electron chi connectivity index (χ1n) is 9.68. The maximum absolute atomic E-state index is 12.8. The molecule has 4 aromatic rings. The third kappa shape index (κ3) is 5.36. The molecule has 0 spiro atoms. The minimum atomic E-state index is -0.0887. The summed E-state index contributed by atoms with van der Waals surface area (Å²) in [5.41, 5.74) is 2.95. The molecular formula is C23H20ClN3O2S2. The number of carbonyl (C=O) groups is 2. The van der Waals surface area contributed by atoms with Gasteiger partial charge in [-0.05, 0) is 35.9 Å². The third-order valence-electron chi connectivity index (χ3n) is 4.64. The molecule has 0 atom stereocenters. The van der Waals surface area contributed by atoms with Crippen molar-refractivity contribution < 1.29 is 9.59 Å². The van der Waals surface area contributed by atoms with Crippen LogP contribution in [0.1, 0.15) is 27.0 Å². The van der Waals surface area contributed by atoms with Crippen molar-refractivity contribution in [1.82, 2.24) is 14.9 Å². The van der Waals surface area contributed by atoms with E-state index in [1.165, 1.54) is 30.0 Å². The van der Waals surface area contributed by atoms with Crippen molar-refractivity contribution in [2.75, 3.05) is 5.75 Å². The summed E-state index contributed by atoms with van der Waals surface area (Å²) in [5, 5.41) is 4.17. The van der Waals surface area contributed by atoms with Crippen LogP contribution in [0.5, 0.6) is 0 Å². The molecule has 1 amide bonds. The molecule has 0 aliphatic rings. The van der Waals surface area contributed by atoms with Gasteiger partial charge in [0.1, 0.15) is 0 Å². The van der Waals surface area contributed by atoms with Crippen LogP contribution < -0.4 is 5.32 Å². The van der Waals surface area contributed by atoms with E-state index in [0.29, 0.717) is 23.0 Å². The average Bonchev–Trinajstić information content (AvgIpc) is 3.36. The Hall–Kier alpha value is -2.61. The van der Waals surface area contributed by atoms with E-state index >= 15 is 0 Å². The molecule has 4 rings (SSSR count). The summed E-state index contributed by atoms with van der Waals surface area (Å²) in [6.45, 7) is 2.58. The lowest BCUT2D eigenvalue weighted by Gasteiger charge is -2.09. The van der Waals surface area contributed by atoms with Crippen LogP contribution in [0.2, 0.25) is 5.02 Å². The van der Waals surface area contributed by atoms with Gasteiger partial charge in [-0.2, -0.15) is 0 Å². The second kappa shape index (κ2) is 9.68. The number of imidazole rings is 1. The molecule has 0 unspecified atom stereocenters. The first kappa shape index (κ1) is 21.6. The number of thiophene rings is 1. The lowest BCUT2D eigenvalue weighted by molar-refractivity contribution is -0.119. The number of hydrogen-bond acceptors (Lipinski definition) is 5. The first-order chi connectivity index (χ1) is 15.0. The standard InChI is InChI=1S/C23H20ClN3O2S2/c1-15(28)25-12-18-8-10-22(31-18)21(29)14-30-23-26-19-11-17(24)7-9-20(19)27(23)13-16-5-3-2-4-6-16/h2-11H,12-14H2,1H3,(H,25,28). The summed E-state index contributed by atoms with van der Waals surface area (Å²) in [5.74, 6) is 0.237. The molecule has 2 aromatic carbocycles. The smallest absolute Gasteiger partial charge is 0.217 e. The average molecular weight is 470 g/mol. The van der Waals surface area contributed by atoms with Crippen LogP contribution in [0.25, 0.3) is 11.0 Å². The van der Waals surface area contributed by atoms with E-state index < -0.39 is 0 Å². The Morgan fingerprint density at radius 3 is 2.71 bits per heavy atom. The number of rotatable bonds is 8. The summed E-state index contributed by atoms with van der Waals surface area (Å²) in [6.07, 6.45) is 0. The van der Waals surface area contributed by atoms with Crippen molar-refractivity contribution in [3.05, 3.63) is 81.0 Å². The fourth-order valence-electron chi connectivity index (χ4n) is 3.15. The van der Waals surface area contributed by atoms with E-state index in [1.807, 2.05) is 48.5 Å². The third-order valence-corrected chi connectivity index (χ3v) is 6.98. The molecule has 0 aliphatic heterocycles. The first-order valence-corrected chi connectivity index (χ1v) is 11.9. The minimum Gasteiger partial charge on any atom is -0.351 e. The van der Waals surface area contributed by atoms with Gasteiger partial charge in [0.2, 0.25) is 5.91 Å². The Kier molecular flexibility index (Phi) is 6.75. The predicted octanol–water partition coefficient (Wildman–Crippen LogP) is 5.41. The summed E-state index contributed by atoms with van der Waals surface area (Å²) in [7, 11) is 0. The van der Waals surface area contributed by atoms with Crippen LogP contribution in [0.15, 0.2) is 65.8 Å². The van der Waals surface area contributed by atoms with Gasteiger partial charge in [0, 0.05) is 16.8 Å². The topological polar surface area (TPSA) is 64.0 Å². The van der Waals surface area contributed by atoms with Gasteiger partial charge in [-0.3, -0.25) is 9.59 Å². The quantitative estimate of drug-likeness (QED) is 0.277. The highest BCUT2D eigenvalue weighted by atomic mass is 35.5. The molecular weight excluding hydrogens is 450 g/mol. The number of benzene rings is 2. The van der Waals surface area contributed by atoms with Crippen LogP contribution in [0.3, 0.4) is 0 Å². The number of amides is 1. The van der Waals surface area contributed by atoms with Crippen LogP contribution in [-0.4, -0.2) is 27.0 Å². The maximum Gasteiger partial charge on any atom is 0.217 e. The number of nitrogens with zero attached hydrogens (tertiary/aromatic N) is 2. The van der Waals surface area contributed by atoms with Crippen molar-refractivity contribution >= 4 is 57.4 Å². The highest BCUT2D eigenvalue weighted by Gasteiger charge is 2.16. The van der Waals surface area contributed by atoms with Gasteiger partial charge in [-0.1, -0.05) is 53.7 Å². The van der Waals surface area contributed by atoms with Crippen molar-refractivity contribution in [1.29, 1.82) is 0 Å². The predicted molar refractivity (Wildman–Crippen MR) is 127 cm³/mol. The summed E-state index contributed by atoms with van der Waals surface area (Å²) < 4.78 is 2.12. The maximum atomic E-state index is 12.8. The van der Waals surface area contributed by atoms with Gasteiger partial charge in [0.05, 0.1) is 34.8 Å². The zero-order valence-corrected chi connectivity index (χ0v) is 19.2. The molecule has 0 saturated heterocycles. The monoisotopic (exact) mass is 469 g/mol. The normalized spacial score (nSPS) is 11.0. The molecule has 8 heteroatoms. The van der Waals surface area contributed by atoms with Gasteiger partial charge in [0.25, 0.3) is 0 Å². The fraction of sp³-hybridized carbons (Fsp3) is 0.174. The number of carbonyl (C=O) groups excluding carboxylic acids is 2. The molecule has 2 aromatic heterocycles. The lowest BCUT2D eigenvalue weighted by Crippen LogP contribution is -2.18. The van der Waals surface area contributed by atoms with E-state index in [4.69, 9.17) is 16.6 Å². The Morgan fingerprint density at radius 2 is 1.94 bits per heavy atom. The van der Waals surface area contributed by atoms with Crippen LogP contribution in [-0.2, 0) is 17.9 Å². The summed E-state index contributed by atoms with van der Waals surface area (Å²) in [6, 6.07) is 19.5. The number of hydrogen-bond donors (Lipinski definition) is 1. The number of fused-ring (bicyclic) bond motifs is 1. The molecule has 0 bridgehead atoms. The lowest BCUT2D eigenvalue weighted by atomic mass is 10.2. The summed E-state index contributed by atoms with van der Waals surface area (Å²) >= 11 is 8.99. The number of nitrogens with one attached hydrogen (secondary N) is 1. The summed E-state index contributed by atoms with van der Waals surface area (Å²) in [4.78, 5) is 30.2. The highest BCUT2D eigenvalue weighted by molar-refractivity contribution is 7.99. The number of ketones is 1. The number of aromatic nitrogens is 2. The molecule has 2 heterocycles. The van der Waals surface area contributed by atoms with Crippen molar-refractivity contribution in [2.24, 2.45) is 0 Å². The van der Waals surface area contributed by atoms with Gasteiger partial charge in [-0.25, -0.2) is 4.98 Å². The van der Waals surface area contributed by atoms with Gasteiger partial charge < -0.3 is 9.88 Å². The molecule has 0 saturated carbocycles.